The minimum atomic E-state index is -3.62. The van der Waals surface area contributed by atoms with E-state index in [1.165, 1.54) is 24.3 Å². The van der Waals surface area contributed by atoms with Crippen molar-refractivity contribution in [3.63, 3.8) is 0 Å². The molecule has 0 aliphatic carbocycles. The minimum Gasteiger partial charge on any atom is -0.316 e. The molecular weight excluding hydrogens is 270 g/mol. The van der Waals surface area contributed by atoms with E-state index in [1.54, 1.807) is 0 Å². The van der Waals surface area contributed by atoms with Crippen LogP contribution in [0.3, 0.4) is 0 Å². The number of nitro benzene ring substituents is 1. The molecule has 1 aliphatic rings. The average molecular weight is 285 g/mol. The van der Waals surface area contributed by atoms with Crippen molar-refractivity contribution < 1.29 is 13.3 Å². The summed E-state index contributed by atoms with van der Waals surface area (Å²) < 4.78 is 26.7. The van der Waals surface area contributed by atoms with Gasteiger partial charge in [-0.25, -0.2) is 13.1 Å². The first-order chi connectivity index (χ1) is 8.90. The van der Waals surface area contributed by atoms with Gasteiger partial charge in [-0.15, -0.1) is 0 Å². The number of hydrogen-bond acceptors (Lipinski definition) is 5. The molecule has 0 amide bonds. The van der Waals surface area contributed by atoms with Crippen molar-refractivity contribution in [3.05, 3.63) is 34.4 Å². The molecule has 0 spiro atoms. The van der Waals surface area contributed by atoms with Crippen LogP contribution in [-0.2, 0) is 10.0 Å². The zero-order chi connectivity index (χ0) is 14.0. The molecule has 0 saturated carbocycles. The lowest BCUT2D eigenvalue weighted by atomic mass is 9.96. The van der Waals surface area contributed by atoms with E-state index in [-0.39, 0.29) is 22.5 Å². The Morgan fingerprint density at radius 3 is 2.37 bits per heavy atom. The van der Waals surface area contributed by atoms with Gasteiger partial charge in [0.25, 0.3) is 5.69 Å². The van der Waals surface area contributed by atoms with Crippen molar-refractivity contribution in [2.45, 2.75) is 17.9 Å². The third-order valence-corrected chi connectivity index (χ3v) is 4.79. The summed E-state index contributed by atoms with van der Waals surface area (Å²) >= 11 is 0. The molecule has 1 atom stereocenters. The first-order valence-corrected chi connectivity index (χ1v) is 7.36. The lowest BCUT2D eigenvalue weighted by Gasteiger charge is -2.32. The zero-order valence-electron chi connectivity index (χ0n) is 10.4. The molecule has 7 nitrogen and oxygen atoms in total. The van der Waals surface area contributed by atoms with Crippen LogP contribution < -0.4 is 10.0 Å². The molecule has 8 heteroatoms. The summed E-state index contributed by atoms with van der Waals surface area (Å²) in [6.45, 7) is 3.41. The van der Waals surface area contributed by atoms with Gasteiger partial charge in [0.15, 0.2) is 0 Å². The third-order valence-electron chi connectivity index (χ3n) is 3.22. The van der Waals surface area contributed by atoms with E-state index in [0.29, 0.717) is 0 Å². The van der Waals surface area contributed by atoms with Crippen molar-refractivity contribution in [1.29, 1.82) is 0 Å². The fraction of sp³-hybridized carbons (Fsp3) is 0.455. The van der Waals surface area contributed by atoms with Crippen LogP contribution in [0.4, 0.5) is 5.69 Å². The maximum atomic E-state index is 12.1. The van der Waals surface area contributed by atoms with E-state index < -0.39 is 14.9 Å². The topological polar surface area (TPSA) is 101 Å². The predicted molar refractivity (Wildman–Crippen MR) is 69.2 cm³/mol. The van der Waals surface area contributed by atoms with Gasteiger partial charge >= 0.3 is 0 Å². The van der Waals surface area contributed by atoms with Crippen molar-refractivity contribution in [3.8, 4) is 0 Å². The number of non-ortho nitro benzene ring substituents is 1. The van der Waals surface area contributed by atoms with Crippen molar-refractivity contribution >= 4 is 15.7 Å². The Morgan fingerprint density at radius 1 is 1.37 bits per heavy atom. The van der Waals surface area contributed by atoms with Crippen LogP contribution >= 0.6 is 0 Å². The van der Waals surface area contributed by atoms with Crippen LogP contribution in [0.5, 0.6) is 0 Å². The number of rotatable bonds is 5. The Hall–Kier alpha value is -1.51. The van der Waals surface area contributed by atoms with Gasteiger partial charge in [0.05, 0.1) is 9.82 Å². The normalized spacial score (nSPS) is 17.7. The summed E-state index contributed by atoms with van der Waals surface area (Å²) in [5.74, 6) is 0.285. The summed E-state index contributed by atoms with van der Waals surface area (Å²) in [7, 11) is -3.62. The van der Waals surface area contributed by atoms with E-state index in [2.05, 4.69) is 10.0 Å². The van der Waals surface area contributed by atoms with Crippen LogP contribution in [0, 0.1) is 16.0 Å². The minimum absolute atomic E-state index is 0.0391. The molecule has 104 valence electrons. The Kier molecular flexibility index (Phi) is 3.83. The number of nitro groups is 1. The summed E-state index contributed by atoms with van der Waals surface area (Å²) in [6.07, 6.45) is 0. The van der Waals surface area contributed by atoms with E-state index >= 15 is 0 Å². The Morgan fingerprint density at radius 2 is 1.95 bits per heavy atom. The molecule has 2 N–H and O–H groups in total. The molecule has 1 aromatic rings. The highest BCUT2D eigenvalue weighted by molar-refractivity contribution is 7.89. The summed E-state index contributed by atoms with van der Waals surface area (Å²) in [4.78, 5) is 9.99. The molecule has 1 aliphatic heterocycles. The molecule has 1 saturated heterocycles. The summed E-state index contributed by atoms with van der Waals surface area (Å²) in [6, 6.07) is 4.69. The van der Waals surface area contributed by atoms with Gasteiger partial charge in [0.2, 0.25) is 10.0 Å². The number of benzene rings is 1. The highest BCUT2D eigenvalue weighted by atomic mass is 32.2. The first kappa shape index (κ1) is 13.9. The molecule has 0 bridgehead atoms. The Labute approximate surface area is 111 Å². The van der Waals surface area contributed by atoms with Gasteiger partial charge in [-0.05, 0) is 25.0 Å². The van der Waals surface area contributed by atoms with Crippen LogP contribution in [0.2, 0.25) is 0 Å². The monoisotopic (exact) mass is 285 g/mol. The van der Waals surface area contributed by atoms with E-state index in [1.807, 2.05) is 6.92 Å². The van der Waals surface area contributed by atoms with E-state index in [4.69, 9.17) is 0 Å². The molecule has 0 unspecified atom stereocenters. The number of nitrogens with one attached hydrogen (secondary N) is 2. The lowest BCUT2D eigenvalue weighted by Crippen LogP contribution is -2.53. The third kappa shape index (κ3) is 3.09. The fourth-order valence-corrected chi connectivity index (χ4v) is 3.13. The maximum Gasteiger partial charge on any atom is 0.269 e. The van der Waals surface area contributed by atoms with Crippen molar-refractivity contribution in [2.75, 3.05) is 13.1 Å². The number of nitrogens with zero attached hydrogens (tertiary/aromatic N) is 1. The van der Waals surface area contributed by atoms with Crippen LogP contribution in [-0.4, -0.2) is 32.5 Å². The molecule has 19 heavy (non-hydrogen) atoms. The Balaban J connectivity index is 2.12. The molecule has 0 aromatic heterocycles. The van der Waals surface area contributed by atoms with E-state index in [0.717, 1.165) is 13.1 Å². The van der Waals surface area contributed by atoms with Crippen LogP contribution in [0.15, 0.2) is 29.2 Å². The van der Waals surface area contributed by atoms with Gasteiger partial charge < -0.3 is 5.32 Å². The first-order valence-electron chi connectivity index (χ1n) is 5.87. The summed E-state index contributed by atoms with van der Waals surface area (Å²) in [5.41, 5.74) is -0.129. The smallest absolute Gasteiger partial charge is 0.269 e. The van der Waals surface area contributed by atoms with Crippen LogP contribution in [0.25, 0.3) is 0 Å². The second-order valence-electron chi connectivity index (χ2n) is 4.58. The molecule has 1 fully saturated rings. The molecular formula is C11H15N3O4S. The Bertz CT molecular complexity index is 566. The largest absolute Gasteiger partial charge is 0.316 e. The number of sulfonamides is 1. The fourth-order valence-electron chi connectivity index (χ4n) is 1.82. The highest BCUT2D eigenvalue weighted by Crippen LogP contribution is 2.17. The predicted octanol–water partition coefficient (Wildman–Crippen LogP) is 0.481. The molecule has 1 aromatic carbocycles. The molecule has 0 radical (unpaired) electrons. The van der Waals surface area contributed by atoms with Gasteiger partial charge in [0, 0.05) is 31.3 Å². The quantitative estimate of drug-likeness (QED) is 0.605. The second-order valence-corrected chi connectivity index (χ2v) is 6.29. The standard InChI is InChI=1S/C11H15N3O4S/c1-8(9-6-12-7-9)13-19(17,18)11-4-2-10(3-5-11)14(15)16/h2-5,8-9,12-13H,6-7H2,1H3/t8-/m1/s1. The van der Waals surface area contributed by atoms with Crippen molar-refractivity contribution in [2.24, 2.45) is 5.92 Å². The van der Waals surface area contributed by atoms with Crippen LogP contribution in [0.1, 0.15) is 6.92 Å². The number of hydrogen-bond donors (Lipinski definition) is 2. The molecule has 2 rings (SSSR count). The SMILES string of the molecule is C[C@@H](NS(=O)(=O)c1ccc([N+](=O)[O-])cc1)C1CNC1. The summed E-state index contributed by atoms with van der Waals surface area (Å²) in [5, 5.41) is 13.6. The second kappa shape index (κ2) is 5.24. The maximum absolute atomic E-state index is 12.1. The highest BCUT2D eigenvalue weighted by Gasteiger charge is 2.27. The van der Waals surface area contributed by atoms with Gasteiger partial charge in [-0.3, -0.25) is 10.1 Å². The van der Waals surface area contributed by atoms with Gasteiger partial charge in [-0.2, -0.15) is 0 Å². The zero-order valence-corrected chi connectivity index (χ0v) is 11.2. The lowest BCUT2D eigenvalue weighted by molar-refractivity contribution is -0.384. The average Bonchev–Trinajstić information content (AvgIpc) is 2.25. The van der Waals surface area contributed by atoms with E-state index in [9.17, 15) is 18.5 Å². The van der Waals surface area contributed by atoms with Gasteiger partial charge in [0.1, 0.15) is 0 Å². The molecule has 1 heterocycles. The van der Waals surface area contributed by atoms with Crippen molar-refractivity contribution in [1.82, 2.24) is 10.0 Å². The van der Waals surface area contributed by atoms with Gasteiger partial charge in [-0.1, -0.05) is 0 Å².